The van der Waals surface area contributed by atoms with Gasteiger partial charge in [0.1, 0.15) is 12.4 Å². The van der Waals surface area contributed by atoms with Crippen molar-refractivity contribution in [3.63, 3.8) is 0 Å². The highest BCUT2D eigenvalue weighted by atomic mass is 32.2. The van der Waals surface area contributed by atoms with Crippen molar-refractivity contribution in [2.75, 3.05) is 18.6 Å². The van der Waals surface area contributed by atoms with Gasteiger partial charge in [-0.2, -0.15) is 0 Å². The standard InChI is InChI=1S/C12H17NO4S/c1-10(13-14)9-11-3-5-12(6-4-11)17-7-8-18(2,15)16/h3-6,14H,7-9H2,1-2H3/b13-10-. The summed E-state index contributed by atoms with van der Waals surface area (Å²) in [5, 5.41) is 11.7. The van der Waals surface area contributed by atoms with Gasteiger partial charge in [0, 0.05) is 12.7 Å². The molecule has 18 heavy (non-hydrogen) atoms. The summed E-state index contributed by atoms with van der Waals surface area (Å²) >= 11 is 0. The van der Waals surface area contributed by atoms with Crippen LogP contribution in [0.2, 0.25) is 0 Å². The van der Waals surface area contributed by atoms with E-state index in [9.17, 15) is 8.42 Å². The first-order chi connectivity index (χ1) is 8.40. The van der Waals surface area contributed by atoms with Crippen LogP contribution in [-0.4, -0.2) is 38.0 Å². The Balaban J connectivity index is 2.50. The second-order valence-corrected chi connectivity index (χ2v) is 6.39. The van der Waals surface area contributed by atoms with Crippen molar-refractivity contribution in [2.24, 2.45) is 5.16 Å². The lowest BCUT2D eigenvalue weighted by molar-refractivity contribution is 0.317. The first-order valence-corrected chi connectivity index (χ1v) is 7.54. The Morgan fingerprint density at radius 1 is 1.33 bits per heavy atom. The van der Waals surface area contributed by atoms with Crippen LogP contribution >= 0.6 is 0 Å². The van der Waals surface area contributed by atoms with Gasteiger partial charge in [-0.15, -0.1) is 0 Å². The fraction of sp³-hybridized carbons (Fsp3) is 0.417. The van der Waals surface area contributed by atoms with Crippen molar-refractivity contribution < 1.29 is 18.4 Å². The van der Waals surface area contributed by atoms with E-state index in [2.05, 4.69) is 5.16 Å². The molecule has 0 amide bonds. The summed E-state index contributed by atoms with van der Waals surface area (Å²) in [6, 6.07) is 7.24. The van der Waals surface area contributed by atoms with Crippen LogP contribution in [0.15, 0.2) is 29.4 Å². The lowest BCUT2D eigenvalue weighted by Gasteiger charge is -2.06. The van der Waals surface area contributed by atoms with Gasteiger partial charge in [-0.1, -0.05) is 17.3 Å². The van der Waals surface area contributed by atoms with E-state index in [0.717, 1.165) is 5.56 Å². The Hall–Kier alpha value is -1.56. The smallest absolute Gasteiger partial charge is 0.150 e. The van der Waals surface area contributed by atoms with Crippen molar-refractivity contribution in [3.05, 3.63) is 29.8 Å². The van der Waals surface area contributed by atoms with Gasteiger partial charge in [-0.3, -0.25) is 0 Å². The van der Waals surface area contributed by atoms with Crippen molar-refractivity contribution >= 4 is 15.5 Å². The summed E-state index contributed by atoms with van der Waals surface area (Å²) in [6.07, 6.45) is 1.75. The summed E-state index contributed by atoms with van der Waals surface area (Å²) in [7, 11) is -2.99. The largest absolute Gasteiger partial charge is 0.493 e. The van der Waals surface area contributed by atoms with Gasteiger partial charge in [0.05, 0.1) is 11.5 Å². The minimum absolute atomic E-state index is 0.00499. The maximum atomic E-state index is 10.9. The summed E-state index contributed by atoms with van der Waals surface area (Å²) < 4.78 is 27.1. The predicted molar refractivity (Wildman–Crippen MR) is 70.2 cm³/mol. The Morgan fingerprint density at radius 3 is 2.44 bits per heavy atom. The number of hydrogen-bond acceptors (Lipinski definition) is 5. The Kier molecular flexibility index (Phi) is 5.15. The third-order valence-electron chi connectivity index (χ3n) is 2.28. The molecule has 0 aromatic heterocycles. The highest BCUT2D eigenvalue weighted by molar-refractivity contribution is 7.90. The molecule has 6 heteroatoms. The van der Waals surface area contributed by atoms with Crippen LogP contribution in [0.5, 0.6) is 5.75 Å². The van der Waals surface area contributed by atoms with Gasteiger partial charge in [-0.25, -0.2) is 8.42 Å². The number of nitrogens with zero attached hydrogens (tertiary/aromatic N) is 1. The fourth-order valence-corrected chi connectivity index (χ4v) is 1.73. The zero-order chi connectivity index (χ0) is 13.6. The molecule has 0 unspecified atom stereocenters. The minimum atomic E-state index is -2.99. The summed E-state index contributed by atoms with van der Waals surface area (Å²) in [5.74, 6) is 0.631. The zero-order valence-corrected chi connectivity index (χ0v) is 11.3. The second-order valence-electron chi connectivity index (χ2n) is 4.13. The maximum absolute atomic E-state index is 10.9. The van der Waals surface area contributed by atoms with Crippen molar-refractivity contribution in [1.29, 1.82) is 0 Å². The number of benzene rings is 1. The van der Waals surface area contributed by atoms with Gasteiger partial charge in [0.25, 0.3) is 0 Å². The maximum Gasteiger partial charge on any atom is 0.150 e. The summed E-state index contributed by atoms with van der Waals surface area (Å²) in [4.78, 5) is 0. The van der Waals surface area contributed by atoms with Crippen LogP contribution in [-0.2, 0) is 16.3 Å². The van der Waals surface area contributed by atoms with Crippen LogP contribution < -0.4 is 4.74 Å². The summed E-state index contributed by atoms with van der Waals surface area (Å²) in [5.41, 5.74) is 1.63. The molecule has 0 fully saturated rings. The van der Waals surface area contributed by atoms with Gasteiger partial charge in [0.15, 0.2) is 9.84 Å². The van der Waals surface area contributed by atoms with Crippen LogP contribution in [0.1, 0.15) is 12.5 Å². The summed E-state index contributed by atoms with van der Waals surface area (Å²) in [6.45, 7) is 1.88. The SMILES string of the molecule is C/C(Cc1ccc(OCCS(C)(=O)=O)cc1)=N/O. The molecule has 0 saturated heterocycles. The van der Waals surface area contributed by atoms with Crippen LogP contribution in [0.4, 0.5) is 0 Å². The van der Waals surface area contributed by atoms with Gasteiger partial charge < -0.3 is 9.94 Å². The topological polar surface area (TPSA) is 76.0 Å². The van der Waals surface area contributed by atoms with E-state index in [0.29, 0.717) is 17.9 Å². The lowest BCUT2D eigenvalue weighted by Crippen LogP contribution is -2.12. The molecular formula is C12H17NO4S. The monoisotopic (exact) mass is 271 g/mol. The lowest BCUT2D eigenvalue weighted by atomic mass is 10.1. The zero-order valence-electron chi connectivity index (χ0n) is 10.5. The average molecular weight is 271 g/mol. The number of sulfone groups is 1. The number of rotatable bonds is 6. The quantitative estimate of drug-likeness (QED) is 0.483. The van der Waals surface area contributed by atoms with Crippen molar-refractivity contribution in [3.8, 4) is 5.75 Å². The van der Waals surface area contributed by atoms with Crippen molar-refractivity contribution in [2.45, 2.75) is 13.3 Å². The Bertz CT molecular complexity index is 505. The van der Waals surface area contributed by atoms with Gasteiger partial charge in [0.2, 0.25) is 0 Å². The van der Waals surface area contributed by atoms with E-state index in [1.165, 1.54) is 6.26 Å². The molecule has 1 N–H and O–H groups in total. The van der Waals surface area contributed by atoms with Crippen LogP contribution in [0, 0.1) is 0 Å². The van der Waals surface area contributed by atoms with Gasteiger partial charge in [-0.05, 0) is 24.6 Å². The first kappa shape index (κ1) is 14.5. The van der Waals surface area contributed by atoms with Crippen molar-refractivity contribution in [1.82, 2.24) is 0 Å². The Morgan fingerprint density at radius 2 is 1.94 bits per heavy atom. The molecular weight excluding hydrogens is 254 g/mol. The number of hydrogen-bond donors (Lipinski definition) is 1. The fourth-order valence-electron chi connectivity index (χ4n) is 1.35. The van der Waals surface area contributed by atoms with E-state index in [1.807, 2.05) is 12.1 Å². The van der Waals surface area contributed by atoms with Crippen LogP contribution in [0.3, 0.4) is 0 Å². The molecule has 100 valence electrons. The van der Waals surface area contributed by atoms with Gasteiger partial charge >= 0.3 is 0 Å². The highest BCUT2D eigenvalue weighted by Crippen LogP contribution is 2.13. The number of oxime groups is 1. The molecule has 0 aliphatic heterocycles. The molecule has 5 nitrogen and oxygen atoms in total. The highest BCUT2D eigenvalue weighted by Gasteiger charge is 2.03. The minimum Gasteiger partial charge on any atom is -0.493 e. The molecule has 0 radical (unpaired) electrons. The van der Waals surface area contributed by atoms with E-state index >= 15 is 0 Å². The molecule has 0 aliphatic rings. The predicted octanol–water partition coefficient (Wildman–Crippen LogP) is 1.50. The van der Waals surface area contributed by atoms with E-state index in [4.69, 9.17) is 9.94 Å². The molecule has 0 aliphatic carbocycles. The molecule has 1 rings (SSSR count). The molecule has 0 bridgehead atoms. The van der Waals surface area contributed by atoms with E-state index in [-0.39, 0.29) is 12.4 Å². The third kappa shape index (κ3) is 5.67. The molecule has 0 heterocycles. The Labute approximate surface area is 107 Å². The normalized spacial score (nSPS) is 12.4. The van der Waals surface area contributed by atoms with E-state index in [1.54, 1.807) is 19.1 Å². The first-order valence-electron chi connectivity index (χ1n) is 5.48. The van der Waals surface area contributed by atoms with E-state index < -0.39 is 9.84 Å². The molecule has 0 spiro atoms. The molecule has 1 aromatic rings. The molecule has 1 aromatic carbocycles. The molecule has 0 saturated carbocycles. The average Bonchev–Trinajstić information content (AvgIpc) is 2.29. The number of ether oxygens (including phenoxy) is 1. The molecule has 0 atom stereocenters. The van der Waals surface area contributed by atoms with Crippen LogP contribution in [0.25, 0.3) is 0 Å². The second kappa shape index (κ2) is 6.39. The third-order valence-corrected chi connectivity index (χ3v) is 3.19.